The molecular formula is C14H24N2O2S. The Hall–Kier alpha value is -0.910. The summed E-state index contributed by atoms with van der Waals surface area (Å²) in [4.78, 5) is 0. The van der Waals surface area contributed by atoms with Crippen LogP contribution in [0.2, 0.25) is 0 Å². The van der Waals surface area contributed by atoms with Gasteiger partial charge in [0.1, 0.15) is 0 Å². The number of hydrogen-bond donors (Lipinski definition) is 2. The predicted molar refractivity (Wildman–Crippen MR) is 79.7 cm³/mol. The Morgan fingerprint density at radius 1 is 1.11 bits per heavy atom. The van der Waals surface area contributed by atoms with E-state index in [1.807, 2.05) is 24.3 Å². The van der Waals surface area contributed by atoms with Gasteiger partial charge in [-0.25, -0.2) is 13.1 Å². The summed E-state index contributed by atoms with van der Waals surface area (Å²) < 4.78 is 26.5. The molecule has 0 fully saturated rings. The minimum atomic E-state index is -3.26. The Labute approximate surface area is 116 Å². The van der Waals surface area contributed by atoms with Gasteiger partial charge < -0.3 is 5.32 Å². The second kappa shape index (κ2) is 7.03. The molecule has 0 aliphatic rings. The van der Waals surface area contributed by atoms with Crippen molar-refractivity contribution in [3.8, 4) is 0 Å². The molecule has 19 heavy (non-hydrogen) atoms. The fourth-order valence-electron chi connectivity index (χ4n) is 1.74. The van der Waals surface area contributed by atoms with E-state index in [0.29, 0.717) is 19.0 Å². The zero-order chi connectivity index (χ0) is 14.5. The molecule has 1 rings (SSSR count). The summed E-state index contributed by atoms with van der Waals surface area (Å²) >= 11 is 0. The highest BCUT2D eigenvalue weighted by atomic mass is 32.2. The molecule has 2 N–H and O–H groups in total. The molecule has 0 spiro atoms. The second-order valence-electron chi connectivity index (χ2n) is 5.13. The largest absolute Gasteiger partial charge is 0.318 e. The average molecular weight is 284 g/mol. The third-order valence-electron chi connectivity index (χ3n) is 3.15. The normalized spacial score (nSPS) is 13.7. The summed E-state index contributed by atoms with van der Waals surface area (Å²) in [5.41, 5.74) is 2.24. The minimum Gasteiger partial charge on any atom is -0.318 e. The first-order valence-corrected chi connectivity index (χ1v) is 8.13. The lowest BCUT2D eigenvalue weighted by molar-refractivity contribution is 0.563. The fraction of sp³-hybridized carbons (Fsp3) is 0.571. The van der Waals surface area contributed by atoms with Crippen LogP contribution in [0.3, 0.4) is 0 Å². The van der Waals surface area contributed by atoms with Gasteiger partial charge in [0.15, 0.2) is 0 Å². The lowest BCUT2D eigenvalue weighted by Gasteiger charge is -2.14. The van der Waals surface area contributed by atoms with Gasteiger partial charge in [-0.2, -0.15) is 0 Å². The maximum absolute atomic E-state index is 11.9. The third kappa shape index (κ3) is 4.93. The topological polar surface area (TPSA) is 58.2 Å². The van der Waals surface area contributed by atoms with Crippen LogP contribution in [0.5, 0.6) is 0 Å². The molecule has 0 aromatic heterocycles. The number of sulfonamides is 1. The van der Waals surface area contributed by atoms with Crippen molar-refractivity contribution in [1.82, 2.24) is 10.0 Å². The second-order valence-corrected chi connectivity index (χ2v) is 7.31. The first-order valence-electron chi connectivity index (χ1n) is 6.58. The van der Waals surface area contributed by atoms with E-state index in [9.17, 15) is 8.42 Å². The molecule has 4 nitrogen and oxygen atoms in total. The van der Waals surface area contributed by atoms with Crippen molar-refractivity contribution < 1.29 is 8.42 Å². The summed E-state index contributed by atoms with van der Waals surface area (Å²) in [6.07, 6.45) is 0. The number of rotatable bonds is 7. The Morgan fingerprint density at radius 2 is 1.68 bits per heavy atom. The van der Waals surface area contributed by atoms with E-state index in [1.165, 1.54) is 5.56 Å². The summed E-state index contributed by atoms with van der Waals surface area (Å²) in [7, 11) is -1.51. The molecule has 0 saturated heterocycles. The molecule has 5 heteroatoms. The first kappa shape index (κ1) is 16.1. The monoisotopic (exact) mass is 284 g/mol. The number of nitrogens with one attached hydrogen (secondary N) is 2. The third-order valence-corrected chi connectivity index (χ3v) is 4.92. The molecule has 0 radical (unpaired) electrons. The van der Waals surface area contributed by atoms with Crippen molar-refractivity contribution in [3.05, 3.63) is 35.4 Å². The van der Waals surface area contributed by atoms with E-state index < -0.39 is 15.3 Å². The van der Waals surface area contributed by atoms with Gasteiger partial charge in [0.05, 0.1) is 5.25 Å². The maximum atomic E-state index is 11.9. The van der Waals surface area contributed by atoms with Crippen LogP contribution in [0, 0.1) is 0 Å². The van der Waals surface area contributed by atoms with E-state index >= 15 is 0 Å². The summed E-state index contributed by atoms with van der Waals surface area (Å²) in [5.74, 6) is 0.487. The predicted octanol–water partition coefficient (Wildman–Crippen LogP) is 1.84. The lowest BCUT2D eigenvalue weighted by atomic mass is 10.0. The van der Waals surface area contributed by atoms with Crippen LogP contribution in [0.25, 0.3) is 0 Å². The average Bonchev–Trinajstić information content (AvgIpc) is 2.37. The highest BCUT2D eigenvalue weighted by molar-refractivity contribution is 7.90. The maximum Gasteiger partial charge on any atom is 0.215 e. The minimum absolute atomic E-state index is 0.342. The van der Waals surface area contributed by atoms with Gasteiger partial charge in [0.2, 0.25) is 10.0 Å². The van der Waals surface area contributed by atoms with Crippen LogP contribution >= 0.6 is 0 Å². The van der Waals surface area contributed by atoms with Crippen molar-refractivity contribution in [3.63, 3.8) is 0 Å². The standard InChI is InChI=1S/C14H24N2O2S/c1-11(2)14-7-5-13(6-8-14)10-16-19(17,18)12(3)9-15-4/h5-8,11-12,15-16H,9-10H2,1-4H3. The zero-order valence-electron chi connectivity index (χ0n) is 12.1. The van der Waals surface area contributed by atoms with Crippen LogP contribution in [0.4, 0.5) is 0 Å². The van der Waals surface area contributed by atoms with Gasteiger partial charge in [0, 0.05) is 13.1 Å². The molecule has 1 aromatic rings. The van der Waals surface area contributed by atoms with E-state index in [-0.39, 0.29) is 0 Å². The van der Waals surface area contributed by atoms with Gasteiger partial charge in [-0.1, -0.05) is 38.1 Å². The van der Waals surface area contributed by atoms with E-state index in [0.717, 1.165) is 5.56 Å². The number of benzene rings is 1. The van der Waals surface area contributed by atoms with Crippen molar-refractivity contribution in [2.24, 2.45) is 0 Å². The van der Waals surface area contributed by atoms with E-state index in [4.69, 9.17) is 0 Å². The van der Waals surface area contributed by atoms with Gasteiger partial charge in [-0.15, -0.1) is 0 Å². The van der Waals surface area contributed by atoms with Crippen LogP contribution in [-0.2, 0) is 16.6 Å². The Bertz CT molecular complexity index is 481. The lowest BCUT2D eigenvalue weighted by Crippen LogP contribution is -2.37. The van der Waals surface area contributed by atoms with Crippen molar-refractivity contribution in [1.29, 1.82) is 0 Å². The highest BCUT2D eigenvalue weighted by Crippen LogP contribution is 2.14. The Morgan fingerprint density at radius 3 is 2.16 bits per heavy atom. The van der Waals surface area contributed by atoms with Gasteiger partial charge in [0.25, 0.3) is 0 Å². The van der Waals surface area contributed by atoms with Crippen molar-refractivity contribution >= 4 is 10.0 Å². The molecule has 1 aromatic carbocycles. The molecule has 108 valence electrons. The van der Waals surface area contributed by atoms with E-state index in [2.05, 4.69) is 23.9 Å². The zero-order valence-corrected chi connectivity index (χ0v) is 12.9. The SMILES string of the molecule is CNCC(C)S(=O)(=O)NCc1ccc(C(C)C)cc1. The van der Waals surface area contributed by atoms with Crippen molar-refractivity contribution in [2.45, 2.75) is 38.5 Å². The molecule has 1 atom stereocenters. The van der Waals surface area contributed by atoms with E-state index in [1.54, 1.807) is 14.0 Å². The summed E-state index contributed by atoms with van der Waals surface area (Å²) in [6, 6.07) is 8.04. The Kier molecular flexibility index (Phi) is 5.97. The van der Waals surface area contributed by atoms with Crippen LogP contribution in [0.15, 0.2) is 24.3 Å². The molecule has 0 aliphatic heterocycles. The molecule has 0 bridgehead atoms. The molecule has 0 aliphatic carbocycles. The highest BCUT2D eigenvalue weighted by Gasteiger charge is 2.19. The van der Waals surface area contributed by atoms with Gasteiger partial charge in [-0.3, -0.25) is 0 Å². The summed E-state index contributed by atoms with van der Waals surface area (Å²) in [6.45, 7) is 6.76. The molecule has 0 amide bonds. The number of hydrogen-bond acceptors (Lipinski definition) is 3. The van der Waals surface area contributed by atoms with Crippen molar-refractivity contribution in [2.75, 3.05) is 13.6 Å². The molecule has 1 unspecified atom stereocenters. The van der Waals surface area contributed by atoms with Gasteiger partial charge in [-0.05, 0) is 31.0 Å². The quantitative estimate of drug-likeness (QED) is 0.803. The molecule has 0 saturated carbocycles. The first-order chi connectivity index (χ1) is 8.86. The summed E-state index contributed by atoms with van der Waals surface area (Å²) in [5, 5.41) is 2.43. The molecular weight excluding hydrogens is 260 g/mol. The smallest absolute Gasteiger partial charge is 0.215 e. The Balaban J connectivity index is 2.61. The van der Waals surface area contributed by atoms with Crippen LogP contribution in [-0.4, -0.2) is 27.3 Å². The van der Waals surface area contributed by atoms with Crippen LogP contribution in [0.1, 0.15) is 37.8 Å². The van der Waals surface area contributed by atoms with Crippen LogP contribution < -0.4 is 10.0 Å². The fourth-order valence-corrected chi connectivity index (χ4v) is 2.78. The van der Waals surface area contributed by atoms with Gasteiger partial charge >= 0.3 is 0 Å². The molecule has 0 heterocycles.